The zero-order valence-electron chi connectivity index (χ0n) is 15.4. The van der Waals surface area contributed by atoms with E-state index in [-0.39, 0.29) is 40.2 Å². The highest BCUT2D eigenvalue weighted by Gasteiger charge is 2.34. The van der Waals surface area contributed by atoms with Crippen molar-refractivity contribution in [2.45, 2.75) is 32.2 Å². The number of fused-ring (bicyclic) bond motifs is 1. The van der Waals surface area contributed by atoms with E-state index in [1.54, 1.807) is 4.90 Å². The molecule has 1 saturated heterocycles. The Kier molecular flexibility index (Phi) is 4.56. The maximum Gasteiger partial charge on any atom is 0.435 e. The molecule has 2 aromatic heterocycles. The molecule has 7 nitrogen and oxygen atoms in total. The quantitative estimate of drug-likeness (QED) is 0.484. The zero-order valence-corrected chi connectivity index (χ0v) is 15.4. The largest absolute Gasteiger partial charge is 0.435 e. The fraction of sp³-hybridized carbons (Fsp3) is 0.389. The average molecular weight is 412 g/mol. The molecule has 11 heteroatoms. The summed E-state index contributed by atoms with van der Waals surface area (Å²) in [5, 5.41) is 7.14. The Hall–Kier alpha value is -2.95. The molecule has 0 amide bonds. The second-order valence-corrected chi connectivity index (χ2v) is 6.93. The van der Waals surface area contributed by atoms with Gasteiger partial charge < -0.3 is 14.2 Å². The van der Waals surface area contributed by atoms with Gasteiger partial charge in [-0.05, 0) is 26.0 Å². The van der Waals surface area contributed by atoms with Crippen molar-refractivity contribution >= 4 is 22.9 Å². The minimum Gasteiger partial charge on any atom is -0.372 e. The van der Waals surface area contributed by atoms with Gasteiger partial charge in [-0.15, -0.1) is 0 Å². The van der Waals surface area contributed by atoms with E-state index in [4.69, 9.17) is 9.26 Å². The van der Waals surface area contributed by atoms with Crippen LogP contribution < -0.4 is 4.90 Å². The molecule has 154 valence electrons. The van der Waals surface area contributed by atoms with E-state index < -0.39 is 17.7 Å². The SMILES string of the molecule is C[C@@H]1CN(c2c(C=O)cc3c(-n4ccc(C(F)(F)F)n4)noc3c2F)C[C@H](C)O1. The highest BCUT2D eigenvalue weighted by atomic mass is 19.4. The van der Waals surface area contributed by atoms with Crippen molar-refractivity contribution in [3.05, 3.63) is 35.4 Å². The van der Waals surface area contributed by atoms with Crippen LogP contribution in [0.4, 0.5) is 23.2 Å². The number of carbonyl (C=O) groups excluding carboxylic acids is 1. The lowest BCUT2D eigenvalue weighted by Crippen LogP contribution is -2.46. The molecule has 3 aromatic rings. The molecule has 1 fully saturated rings. The monoisotopic (exact) mass is 412 g/mol. The summed E-state index contributed by atoms with van der Waals surface area (Å²) in [6.45, 7) is 4.40. The third-order valence-electron chi connectivity index (χ3n) is 4.65. The predicted molar refractivity (Wildman–Crippen MR) is 93.7 cm³/mol. The van der Waals surface area contributed by atoms with Crippen molar-refractivity contribution in [3.8, 4) is 5.82 Å². The summed E-state index contributed by atoms with van der Waals surface area (Å²) in [7, 11) is 0. The third kappa shape index (κ3) is 3.35. The molecule has 29 heavy (non-hydrogen) atoms. The number of morpholine rings is 1. The molecule has 0 radical (unpaired) electrons. The molecular formula is C18H16F4N4O3. The summed E-state index contributed by atoms with van der Waals surface area (Å²) in [4.78, 5) is 13.4. The van der Waals surface area contributed by atoms with Gasteiger partial charge in [-0.2, -0.15) is 18.3 Å². The Balaban J connectivity index is 1.83. The van der Waals surface area contributed by atoms with Gasteiger partial charge in [0.15, 0.2) is 17.8 Å². The Labute approximate surface area is 161 Å². The summed E-state index contributed by atoms with van der Waals surface area (Å²) in [6, 6.07) is 2.11. The Morgan fingerprint density at radius 3 is 2.52 bits per heavy atom. The minimum atomic E-state index is -4.64. The molecule has 1 aromatic carbocycles. The summed E-state index contributed by atoms with van der Waals surface area (Å²) < 4.78 is 65.3. The molecule has 4 rings (SSSR count). The molecular weight excluding hydrogens is 396 g/mol. The first kappa shape index (κ1) is 19.4. The Bertz CT molecular complexity index is 1070. The van der Waals surface area contributed by atoms with Crippen LogP contribution in [0.15, 0.2) is 22.9 Å². The lowest BCUT2D eigenvalue weighted by Gasteiger charge is -2.37. The number of hydrogen-bond donors (Lipinski definition) is 0. The van der Waals surface area contributed by atoms with Gasteiger partial charge in [0.2, 0.25) is 11.4 Å². The summed E-state index contributed by atoms with van der Waals surface area (Å²) >= 11 is 0. The van der Waals surface area contributed by atoms with E-state index in [1.807, 2.05) is 13.8 Å². The van der Waals surface area contributed by atoms with Crippen molar-refractivity contribution in [1.29, 1.82) is 0 Å². The van der Waals surface area contributed by atoms with E-state index in [9.17, 15) is 18.0 Å². The Morgan fingerprint density at radius 2 is 1.93 bits per heavy atom. The van der Waals surface area contributed by atoms with Crippen LogP contribution in [0.5, 0.6) is 0 Å². The van der Waals surface area contributed by atoms with Crippen molar-refractivity contribution in [3.63, 3.8) is 0 Å². The second-order valence-electron chi connectivity index (χ2n) is 6.93. The number of alkyl halides is 3. The van der Waals surface area contributed by atoms with Crippen LogP contribution in [0, 0.1) is 5.82 Å². The van der Waals surface area contributed by atoms with E-state index in [1.165, 1.54) is 6.07 Å². The highest BCUT2D eigenvalue weighted by Crippen LogP contribution is 2.35. The van der Waals surface area contributed by atoms with E-state index in [0.29, 0.717) is 19.4 Å². The van der Waals surface area contributed by atoms with Crippen LogP contribution in [-0.2, 0) is 10.9 Å². The lowest BCUT2D eigenvalue weighted by atomic mass is 10.1. The number of nitrogens with zero attached hydrogens (tertiary/aromatic N) is 4. The van der Waals surface area contributed by atoms with Gasteiger partial charge in [-0.25, -0.2) is 9.07 Å². The molecule has 1 aliphatic rings. The van der Waals surface area contributed by atoms with E-state index in [2.05, 4.69) is 10.3 Å². The normalized spacial score (nSPS) is 20.4. The van der Waals surface area contributed by atoms with Crippen LogP contribution >= 0.6 is 0 Å². The first-order valence-electron chi connectivity index (χ1n) is 8.79. The van der Waals surface area contributed by atoms with Gasteiger partial charge in [0.1, 0.15) is 0 Å². The van der Waals surface area contributed by atoms with Crippen molar-refractivity contribution in [2.75, 3.05) is 18.0 Å². The second kappa shape index (κ2) is 6.83. The molecule has 3 heterocycles. The van der Waals surface area contributed by atoms with Crippen LogP contribution in [0.3, 0.4) is 0 Å². The highest BCUT2D eigenvalue weighted by molar-refractivity contribution is 5.97. The van der Waals surface area contributed by atoms with Crippen molar-refractivity contribution in [2.24, 2.45) is 0 Å². The average Bonchev–Trinajstić information content (AvgIpc) is 3.27. The number of anilines is 1. The first-order chi connectivity index (χ1) is 13.7. The fourth-order valence-corrected chi connectivity index (χ4v) is 3.57. The van der Waals surface area contributed by atoms with Gasteiger partial charge in [-0.1, -0.05) is 5.16 Å². The van der Waals surface area contributed by atoms with Crippen LogP contribution in [0.25, 0.3) is 16.8 Å². The number of aldehydes is 1. The molecule has 0 N–H and O–H groups in total. The van der Waals surface area contributed by atoms with Crippen molar-refractivity contribution < 1.29 is 31.6 Å². The van der Waals surface area contributed by atoms with Gasteiger partial charge in [0.25, 0.3) is 0 Å². The van der Waals surface area contributed by atoms with Crippen molar-refractivity contribution in [1.82, 2.24) is 14.9 Å². The number of aromatic nitrogens is 3. The van der Waals surface area contributed by atoms with Crippen LogP contribution in [0.2, 0.25) is 0 Å². The number of carbonyl (C=O) groups is 1. The van der Waals surface area contributed by atoms with Gasteiger partial charge in [0.05, 0.1) is 23.3 Å². The zero-order chi connectivity index (χ0) is 20.9. The smallest absolute Gasteiger partial charge is 0.372 e. The van der Waals surface area contributed by atoms with Gasteiger partial charge >= 0.3 is 6.18 Å². The number of ether oxygens (including phenoxy) is 1. The topological polar surface area (TPSA) is 73.4 Å². The van der Waals surface area contributed by atoms with E-state index in [0.717, 1.165) is 16.9 Å². The number of benzene rings is 1. The fourth-order valence-electron chi connectivity index (χ4n) is 3.57. The number of halogens is 4. The number of hydrogen-bond acceptors (Lipinski definition) is 6. The molecule has 0 saturated carbocycles. The molecule has 1 aliphatic heterocycles. The molecule has 0 bridgehead atoms. The maximum absolute atomic E-state index is 15.3. The van der Waals surface area contributed by atoms with E-state index >= 15 is 4.39 Å². The summed E-state index contributed by atoms with van der Waals surface area (Å²) in [6.07, 6.45) is -3.46. The lowest BCUT2D eigenvalue weighted by molar-refractivity contribution is -0.141. The predicted octanol–water partition coefficient (Wildman–Crippen LogP) is 3.60. The molecule has 0 spiro atoms. The minimum absolute atomic E-state index is 0.0314. The standard InChI is InChI=1S/C18H16F4N4O3/c1-9-6-25(7-10(2)28-9)15-11(8-27)5-12-16(14(15)19)29-24-17(12)26-4-3-13(23-26)18(20,21)22/h3-5,8-10H,6-7H2,1-2H3/t9-,10+. The molecule has 0 aliphatic carbocycles. The summed E-state index contributed by atoms with van der Waals surface area (Å²) in [5.41, 5.74) is -1.31. The maximum atomic E-state index is 15.3. The Morgan fingerprint density at radius 1 is 1.24 bits per heavy atom. The number of rotatable bonds is 3. The molecule has 0 unspecified atom stereocenters. The van der Waals surface area contributed by atoms with Gasteiger partial charge in [-0.3, -0.25) is 4.79 Å². The summed E-state index contributed by atoms with van der Waals surface area (Å²) in [5.74, 6) is -0.958. The third-order valence-corrected chi connectivity index (χ3v) is 4.65. The van der Waals surface area contributed by atoms with Crippen LogP contribution in [0.1, 0.15) is 29.9 Å². The first-order valence-corrected chi connectivity index (χ1v) is 8.79. The molecule has 2 atom stereocenters. The van der Waals surface area contributed by atoms with Crippen LogP contribution in [-0.4, -0.2) is 46.5 Å². The van der Waals surface area contributed by atoms with Gasteiger partial charge in [0, 0.05) is 24.8 Å².